The summed E-state index contributed by atoms with van der Waals surface area (Å²) in [7, 11) is 0. The van der Waals surface area contributed by atoms with E-state index >= 15 is 0 Å². The van der Waals surface area contributed by atoms with E-state index in [4.69, 9.17) is 16.8 Å². The summed E-state index contributed by atoms with van der Waals surface area (Å²) < 4.78 is 0. The van der Waals surface area contributed by atoms with E-state index in [1.165, 1.54) is 6.08 Å². The number of nitrogens with two attached hydrogens (primary N) is 2. The third-order valence-electron chi connectivity index (χ3n) is 2.00. The predicted octanol–water partition coefficient (Wildman–Crippen LogP) is -1.42. The molecule has 6 nitrogen and oxygen atoms in total. The molecule has 0 radical (unpaired) electrons. The maximum Gasteiger partial charge on any atom is 0.329 e. The number of hydrogen-bond donors (Lipinski definition) is 5. The number of hydrazine groups is 2. The monoisotopic (exact) mass is 184 g/mol. The molecule has 0 amide bonds. The number of rotatable bonds is 3. The molecule has 0 aliphatic heterocycles. The van der Waals surface area contributed by atoms with Gasteiger partial charge in [-0.3, -0.25) is 11.7 Å². The Labute approximate surface area is 75.2 Å². The number of carboxylic acids is 1. The van der Waals surface area contributed by atoms with Gasteiger partial charge >= 0.3 is 5.97 Å². The van der Waals surface area contributed by atoms with Crippen molar-refractivity contribution in [2.24, 2.45) is 11.7 Å². The van der Waals surface area contributed by atoms with Crippen LogP contribution in [0.15, 0.2) is 23.9 Å². The zero-order valence-corrected chi connectivity index (χ0v) is 6.95. The topological polar surface area (TPSA) is 113 Å². The summed E-state index contributed by atoms with van der Waals surface area (Å²) in [5.74, 6) is 9.29. The molecule has 1 aliphatic carbocycles. The normalized spacial score (nSPS) is 26.8. The lowest BCUT2D eigenvalue weighted by atomic mass is 9.91. The van der Waals surface area contributed by atoms with E-state index < -0.39 is 11.5 Å². The first-order chi connectivity index (χ1) is 6.14. The van der Waals surface area contributed by atoms with Crippen molar-refractivity contribution in [2.75, 3.05) is 0 Å². The summed E-state index contributed by atoms with van der Waals surface area (Å²) in [5.41, 5.74) is 4.14. The lowest BCUT2D eigenvalue weighted by Crippen LogP contribution is -2.54. The van der Waals surface area contributed by atoms with Gasteiger partial charge in [-0.2, -0.15) is 0 Å². The summed E-state index contributed by atoms with van der Waals surface area (Å²) in [6.45, 7) is 0. The highest BCUT2D eigenvalue weighted by Gasteiger charge is 2.35. The van der Waals surface area contributed by atoms with E-state index in [1.54, 1.807) is 12.2 Å². The van der Waals surface area contributed by atoms with Gasteiger partial charge in [0.1, 0.15) is 0 Å². The lowest BCUT2D eigenvalue weighted by molar-refractivity contribution is -0.142. The number of allylic oxidation sites excluding steroid dienone is 1. The molecule has 1 unspecified atom stereocenters. The molecule has 0 aromatic heterocycles. The van der Waals surface area contributed by atoms with E-state index in [9.17, 15) is 4.79 Å². The third kappa shape index (κ3) is 1.69. The molecule has 0 spiro atoms. The van der Waals surface area contributed by atoms with E-state index in [0.29, 0.717) is 5.70 Å². The van der Waals surface area contributed by atoms with Crippen LogP contribution in [0.1, 0.15) is 6.42 Å². The molecule has 0 fully saturated rings. The van der Waals surface area contributed by atoms with Crippen LogP contribution in [-0.4, -0.2) is 16.6 Å². The molecule has 0 bridgehead atoms. The van der Waals surface area contributed by atoms with Crippen LogP contribution in [0, 0.1) is 0 Å². The third-order valence-corrected chi connectivity index (χ3v) is 2.00. The van der Waals surface area contributed by atoms with Crippen molar-refractivity contribution >= 4 is 5.97 Å². The largest absolute Gasteiger partial charge is 0.480 e. The molecule has 0 aromatic carbocycles. The van der Waals surface area contributed by atoms with Gasteiger partial charge in [-0.25, -0.2) is 10.2 Å². The summed E-state index contributed by atoms with van der Waals surface area (Å²) in [6, 6.07) is 0. The van der Waals surface area contributed by atoms with Crippen LogP contribution in [0.5, 0.6) is 0 Å². The van der Waals surface area contributed by atoms with Gasteiger partial charge in [0.2, 0.25) is 0 Å². The fourth-order valence-electron chi connectivity index (χ4n) is 1.07. The average molecular weight is 184 g/mol. The van der Waals surface area contributed by atoms with Gasteiger partial charge in [0.05, 0.1) is 0 Å². The van der Waals surface area contributed by atoms with E-state index in [-0.39, 0.29) is 6.42 Å². The Bertz CT molecular complexity index is 274. The molecule has 72 valence electrons. The first kappa shape index (κ1) is 9.72. The maximum atomic E-state index is 10.8. The highest BCUT2D eigenvalue weighted by Crippen LogP contribution is 2.19. The number of nitrogens with one attached hydrogen (secondary N) is 2. The molecule has 7 N–H and O–H groups in total. The Morgan fingerprint density at radius 2 is 2.31 bits per heavy atom. The van der Waals surface area contributed by atoms with Crippen molar-refractivity contribution in [3.05, 3.63) is 23.9 Å². The molecule has 1 aliphatic rings. The minimum atomic E-state index is -1.21. The summed E-state index contributed by atoms with van der Waals surface area (Å²) >= 11 is 0. The van der Waals surface area contributed by atoms with Crippen LogP contribution in [0.4, 0.5) is 0 Å². The van der Waals surface area contributed by atoms with E-state index in [1.807, 2.05) is 0 Å². The molecule has 0 aromatic rings. The van der Waals surface area contributed by atoms with Crippen LogP contribution in [-0.2, 0) is 4.79 Å². The van der Waals surface area contributed by atoms with Gasteiger partial charge in [0.15, 0.2) is 5.54 Å². The van der Waals surface area contributed by atoms with E-state index in [0.717, 1.165) is 0 Å². The van der Waals surface area contributed by atoms with Crippen LogP contribution in [0.3, 0.4) is 0 Å². The number of aliphatic carboxylic acids is 1. The maximum absolute atomic E-state index is 10.8. The highest BCUT2D eigenvalue weighted by atomic mass is 16.4. The lowest BCUT2D eigenvalue weighted by Gasteiger charge is -2.26. The number of hydrogen-bond acceptors (Lipinski definition) is 5. The van der Waals surface area contributed by atoms with Crippen LogP contribution in [0.2, 0.25) is 0 Å². The number of carboxylic acid groups (broad SMARTS) is 1. The van der Waals surface area contributed by atoms with Gasteiger partial charge in [-0.1, -0.05) is 6.08 Å². The van der Waals surface area contributed by atoms with Crippen molar-refractivity contribution < 1.29 is 9.90 Å². The first-order valence-electron chi connectivity index (χ1n) is 3.72. The molecule has 0 saturated heterocycles. The fraction of sp³-hybridized carbons (Fsp3) is 0.286. The Morgan fingerprint density at radius 3 is 2.62 bits per heavy atom. The highest BCUT2D eigenvalue weighted by molar-refractivity contribution is 5.82. The van der Waals surface area contributed by atoms with Gasteiger partial charge in [-0.05, 0) is 12.2 Å². The minimum absolute atomic E-state index is 0.259. The summed E-state index contributed by atoms with van der Waals surface area (Å²) in [6.07, 6.45) is 4.95. The van der Waals surface area contributed by atoms with Gasteiger partial charge in [0, 0.05) is 12.1 Å². The molecule has 13 heavy (non-hydrogen) atoms. The van der Waals surface area contributed by atoms with Crippen LogP contribution in [0.25, 0.3) is 0 Å². The molecule has 1 rings (SSSR count). The zero-order valence-electron chi connectivity index (χ0n) is 6.95. The minimum Gasteiger partial charge on any atom is -0.480 e. The molecule has 6 heteroatoms. The quantitative estimate of drug-likeness (QED) is 0.272. The SMILES string of the molecule is NNC1=CCC(NN)(C(=O)O)C=C1. The second kappa shape index (κ2) is 3.56. The van der Waals surface area contributed by atoms with E-state index in [2.05, 4.69) is 10.9 Å². The van der Waals surface area contributed by atoms with Gasteiger partial charge in [0.25, 0.3) is 0 Å². The van der Waals surface area contributed by atoms with Gasteiger partial charge in [-0.15, -0.1) is 0 Å². The molecule has 0 heterocycles. The van der Waals surface area contributed by atoms with Crippen molar-refractivity contribution in [1.82, 2.24) is 10.9 Å². The Kier molecular flexibility index (Phi) is 2.66. The summed E-state index contributed by atoms with van der Waals surface area (Å²) in [5, 5.41) is 8.87. The zero-order chi connectivity index (χ0) is 9.90. The molecular formula is C7H12N4O2. The van der Waals surface area contributed by atoms with Crippen molar-refractivity contribution in [2.45, 2.75) is 12.0 Å². The average Bonchev–Trinajstić information content (AvgIpc) is 2.17. The standard InChI is InChI=1S/C7H12N4O2/c8-10-5-1-3-7(11-9,4-2-5)6(12)13/h1-3,10-11H,4,8-9H2,(H,12,13). The second-order valence-corrected chi connectivity index (χ2v) is 2.76. The van der Waals surface area contributed by atoms with Crippen molar-refractivity contribution in [3.63, 3.8) is 0 Å². The Balaban J connectivity index is 2.83. The Hall–Kier alpha value is -1.37. The predicted molar refractivity (Wildman–Crippen MR) is 46.9 cm³/mol. The first-order valence-corrected chi connectivity index (χ1v) is 3.72. The molecule has 1 atom stereocenters. The van der Waals surface area contributed by atoms with Crippen molar-refractivity contribution in [3.8, 4) is 0 Å². The van der Waals surface area contributed by atoms with Crippen LogP contribution < -0.4 is 22.5 Å². The van der Waals surface area contributed by atoms with Crippen LogP contribution >= 0.6 is 0 Å². The molecule has 0 saturated carbocycles. The second-order valence-electron chi connectivity index (χ2n) is 2.76. The van der Waals surface area contributed by atoms with Crippen molar-refractivity contribution in [1.29, 1.82) is 0 Å². The number of carbonyl (C=O) groups is 1. The van der Waals surface area contributed by atoms with Gasteiger partial charge < -0.3 is 10.5 Å². The Morgan fingerprint density at radius 1 is 1.62 bits per heavy atom. The fourth-order valence-corrected chi connectivity index (χ4v) is 1.07. The molecular weight excluding hydrogens is 172 g/mol. The summed E-state index contributed by atoms with van der Waals surface area (Å²) in [4.78, 5) is 10.8. The smallest absolute Gasteiger partial charge is 0.329 e.